The highest BCUT2D eigenvalue weighted by molar-refractivity contribution is 6.34. The predicted molar refractivity (Wildman–Crippen MR) is 67.6 cm³/mol. The van der Waals surface area contributed by atoms with E-state index in [1.807, 2.05) is 6.92 Å². The van der Waals surface area contributed by atoms with E-state index in [0.717, 1.165) is 12.8 Å². The van der Waals surface area contributed by atoms with Gasteiger partial charge in [0.25, 0.3) is 0 Å². The fraction of sp³-hybridized carbons (Fsp3) is 1.00. The average molecular weight is 239 g/mol. The maximum Gasteiger partial charge on any atom is 0.0607 e. The zero-order valence-corrected chi connectivity index (χ0v) is 11.5. The second-order valence-corrected chi connectivity index (χ2v) is 6.23. The van der Waals surface area contributed by atoms with Crippen LogP contribution in [0.15, 0.2) is 0 Å². The fourth-order valence-corrected chi connectivity index (χ4v) is 1.87. The van der Waals surface area contributed by atoms with E-state index in [-0.39, 0.29) is 9.75 Å². The second-order valence-electron chi connectivity index (χ2n) is 4.56. The third-order valence-electron chi connectivity index (χ3n) is 3.25. The van der Waals surface area contributed by atoms with Crippen LogP contribution in [-0.4, -0.2) is 9.75 Å². The molecule has 0 aromatic carbocycles. The lowest BCUT2D eigenvalue weighted by molar-refractivity contribution is 0.403. The van der Waals surface area contributed by atoms with Crippen molar-refractivity contribution in [1.29, 1.82) is 0 Å². The number of hydrogen-bond donors (Lipinski definition) is 0. The molecular formula is C12H24Cl2. The zero-order chi connectivity index (χ0) is 11.2. The molecule has 86 valence electrons. The van der Waals surface area contributed by atoms with Gasteiger partial charge in [-0.3, -0.25) is 0 Å². The molecule has 0 aromatic heterocycles. The summed E-state index contributed by atoms with van der Waals surface area (Å²) in [5, 5.41) is 0. The Morgan fingerprint density at radius 2 is 1.43 bits per heavy atom. The van der Waals surface area contributed by atoms with Gasteiger partial charge in [0, 0.05) is 0 Å². The number of halogens is 2. The van der Waals surface area contributed by atoms with Crippen molar-refractivity contribution in [2.24, 2.45) is 0 Å². The largest absolute Gasteiger partial charge is 0.118 e. The van der Waals surface area contributed by atoms with Crippen molar-refractivity contribution in [2.45, 2.75) is 76.0 Å². The van der Waals surface area contributed by atoms with E-state index < -0.39 is 0 Å². The molecule has 2 atom stereocenters. The fourth-order valence-electron chi connectivity index (χ4n) is 1.51. The number of alkyl halides is 2. The zero-order valence-electron chi connectivity index (χ0n) is 10.00. The van der Waals surface area contributed by atoms with Crippen LogP contribution in [0, 0.1) is 0 Å². The third kappa shape index (κ3) is 4.40. The summed E-state index contributed by atoms with van der Waals surface area (Å²) in [5.41, 5.74) is 0. The summed E-state index contributed by atoms with van der Waals surface area (Å²) in [4.78, 5) is -0.544. The Morgan fingerprint density at radius 3 is 1.86 bits per heavy atom. The third-order valence-corrected chi connectivity index (χ3v) is 4.64. The van der Waals surface area contributed by atoms with E-state index in [4.69, 9.17) is 23.2 Å². The van der Waals surface area contributed by atoms with Gasteiger partial charge < -0.3 is 0 Å². The predicted octanol–water partition coefficient (Wildman–Crippen LogP) is 5.36. The Labute approximate surface area is 99.4 Å². The standard InChI is InChI=1S/C12H24Cl2/c1-5-7-8-9-10-12(4,14)11(3,13)6-2/h5-10H2,1-4H3. The molecule has 0 aliphatic heterocycles. The molecular weight excluding hydrogens is 215 g/mol. The molecule has 0 amide bonds. The summed E-state index contributed by atoms with van der Waals surface area (Å²) >= 11 is 12.9. The van der Waals surface area contributed by atoms with Crippen molar-refractivity contribution in [1.82, 2.24) is 0 Å². The lowest BCUT2D eigenvalue weighted by atomic mass is 9.87. The van der Waals surface area contributed by atoms with E-state index in [1.165, 1.54) is 25.7 Å². The van der Waals surface area contributed by atoms with E-state index in [2.05, 4.69) is 20.8 Å². The Hall–Kier alpha value is 0.580. The molecule has 0 rings (SSSR count). The summed E-state index contributed by atoms with van der Waals surface area (Å²) in [6.07, 6.45) is 6.97. The van der Waals surface area contributed by atoms with Gasteiger partial charge >= 0.3 is 0 Å². The Bertz CT molecular complexity index is 150. The molecule has 0 saturated heterocycles. The highest BCUT2D eigenvalue weighted by atomic mass is 35.5. The molecule has 0 saturated carbocycles. The maximum atomic E-state index is 6.48. The minimum atomic E-state index is -0.277. The maximum absolute atomic E-state index is 6.48. The molecule has 2 unspecified atom stereocenters. The van der Waals surface area contributed by atoms with Gasteiger partial charge in [0.2, 0.25) is 0 Å². The SMILES string of the molecule is CCCCCCC(C)(Cl)C(C)(Cl)CC. The molecule has 0 spiro atoms. The van der Waals surface area contributed by atoms with E-state index >= 15 is 0 Å². The normalized spacial score (nSPS) is 20.1. The highest BCUT2D eigenvalue weighted by Crippen LogP contribution is 2.41. The molecule has 0 nitrogen and oxygen atoms in total. The van der Waals surface area contributed by atoms with Crippen LogP contribution in [0.3, 0.4) is 0 Å². The summed E-state index contributed by atoms with van der Waals surface area (Å²) in [6, 6.07) is 0. The summed E-state index contributed by atoms with van der Waals surface area (Å²) in [7, 11) is 0. The van der Waals surface area contributed by atoms with Crippen molar-refractivity contribution >= 4 is 23.2 Å². The van der Waals surface area contributed by atoms with Crippen LogP contribution in [0.25, 0.3) is 0 Å². The van der Waals surface area contributed by atoms with Crippen molar-refractivity contribution in [3.8, 4) is 0 Å². The minimum absolute atomic E-state index is 0.267. The van der Waals surface area contributed by atoms with Crippen molar-refractivity contribution in [2.75, 3.05) is 0 Å². The Balaban J connectivity index is 3.94. The molecule has 0 radical (unpaired) electrons. The van der Waals surface area contributed by atoms with Crippen LogP contribution >= 0.6 is 23.2 Å². The van der Waals surface area contributed by atoms with E-state index in [0.29, 0.717) is 0 Å². The van der Waals surface area contributed by atoms with Gasteiger partial charge in [-0.2, -0.15) is 0 Å². The molecule has 0 aliphatic carbocycles. The van der Waals surface area contributed by atoms with Crippen LogP contribution in [0.4, 0.5) is 0 Å². The average Bonchev–Trinajstić information content (AvgIpc) is 2.12. The summed E-state index contributed by atoms with van der Waals surface area (Å²) in [5.74, 6) is 0. The second kappa shape index (κ2) is 6.23. The molecule has 0 heterocycles. The van der Waals surface area contributed by atoms with Gasteiger partial charge in [-0.15, -0.1) is 23.2 Å². The summed E-state index contributed by atoms with van der Waals surface area (Å²) in [6.45, 7) is 8.43. The number of unbranched alkanes of at least 4 members (excludes halogenated alkanes) is 3. The van der Waals surface area contributed by atoms with Gasteiger partial charge in [-0.05, 0) is 26.7 Å². The van der Waals surface area contributed by atoms with E-state index in [1.54, 1.807) is 0 Å². The van der Waals surface area contributed by atoms with E-state index in [9.17, 15) is 0 Å². The molecule has 2 heteroatoms. The van der Waals surface area contributed by atoms with Gasteiger partial charge in [0.05, 0.1) is 9.75 Å². The topological polar surface area (TPSA) is 0 Å². The van der Waals surface area contributed by atoms with Crippen molar-refractivity contribution in [3.05, 3.63) is 0 Å². The lowest BCUT2D eigenvalue weighted by Crippen LogP contribution is -2.40. The first-order valence-electron chi connectivity index (χ1n) is 5.75. The van der Waals surface area contributed by atoms with Gasteiger partial charge in [0.1, 0.15) is 0 Å². The number of hydrogen-bond acceptors (Lipinski definition) is 0. The molecule has 0 N–H and O–H groups in total. The smallest absolute Gasteiger partial charge is 0.0607 e. The first-order valence-corrected chi connectivity index (χ1v) is 6.51. The van der Waals surface area contributed by atoms with Crippen LogP contribution in [0.5, 0.6) is 0 Å². The van der Waals surface area contributed by atoms with Gasteiger partial charge in [0.15, 0.2) is 0 Å². The monoisotopic (exact) mass is 238 g/mol. The van der Waals surface area contributed by atoms with Crippen LogP contribution in [-0.2, 0) is 0 Å². The van der Waals surface area contributed by atoms with Crippen molar-refractivity contribution < 1.29 is 0 Å². The summed E-state index contributed by atoms with van der Waals surface area (Å²) < 4.78 is 0. The van der Waals surface area contributed by atoms with Crippen LogP contribution in [0.2, 0.25) is 0 Å². The minimum Gasteiger partial charge on any atom is -0.118 e. The molecule has 0 aliphatic rings. The van der Waals surface area contributed by atoms with Crippen LogP contribution < -0.4 is 0 Å². The number of rotatable bonds is 7. The first-order chi connectivity index (χ1) is 6.37. The highest BCUT2D eigenvalue weighted by Gasteiger charge is 2.39. The molecule has 14 heavy (non-hydrogen) atoms. The van der Waals surface area contributed by atoms with Crippen molar-refractivity contribution in [3.63, 3.8) is 0 Å². The Morgan fingerprint density at radius 1 is 0.857 bits per heavy atom. The lowest BCUT2D eigenvalue weighted by Gasteiger charge is -2.36. The van der Waals surface area contributed by atoms with Crippen LogP contribution in [0.1, 0.15) is 66.2 Å². The molecule has 0 fully saturated rings. The quantitative estimate of drug-likeness (QED) is 0.414. The van der Waals surface area contributed by atoms with Gasteiger partial charge in [-0.1, -0.05) is 39.5 Å². The first kappa shape index (κ1) is 14.6. The van der Waals surface area contributed by atoms with Gasteiger partial charge in [-0.25, -0.2) is 0 Å². The molecule has 0 bridgehead atoms. The Kier molecular flexibility index (Phi) is 6.48. The molecule has 0 aromatic rings.